The lowest BCUT2D eigenvalue weighted by atomic mass is 9.98. The first kappa shape index (κ1) is 26.2. The monoisotopic (exact) mass is 557 g/mol. The third kappa shape index (κ3) is 5.14. The summed E-state index contributed by atoms with van der Waals surface area (Å²) in [6.45, 7) is 3.12. The van der Waals surface area contributed by atoms with Gasteiger partial charge in [0.25, 0.3) is 5.91 Å². The number of carbonyl (C=O) groups excluding carboxylic acids is 1. The fourth-order valence-corrected chi connectivity index (χ4v) is 5.96. The van der Waals surface area contributed by atoms with E-state index in [4.69, 9.17) is 21.7 Å². The molecule has 0 aliphatic carbocycles. The van der Waals surface area contributed by atoms with Crippen LogP contribution in [0.4, 0.5) is 11.5 Å². The van der Waals surface area contributed by atoms with E-state index in [2.05, 4.69) is 10.8 Å². The molecule has 1 aromatic carbocycles. The van der Waals surface area contributed by atoms with Crippen LogP contribution in [0.25, 0.3) is 5.65 Å². The van der Waals surface area contributed by atoms with Crippen LogP contribution >= 0.6 is 11.6 Å². The van der Waals surface area contributed by atoms with Crippen molar-refractivity contribution in [2.75, 3.05) is 35.5 Å². The third-order valence-electron chi connectivity index (χ3n) is 6.99. The van der Waals surface area contributed by atoms with Gasteiger partial charge in [0.2, 0.25) is 10.0 Å². The number of aliphatic hydroxyl groups excluding tert-OH is 1. The minimum Gasteiger partial charge on any atom is -0.390 e. The number of β-amino-alcohol motifs (C(OH)–C–C–N with tert-alkyl or cyclic N) is 1. The second kappa shape index (κ2) is 10.1. The number of likely N-dealkylation sites (tertiary alicyclic amines) is 1. The molecule has 0 radical (unpaired) electrons. The molecular weight excluding hydrogens is 530 g/mol. The SMILES string of the molecule is Cc1cn2nc([C@@H]3CCCCN3C(=O)c3cc(Cl)ccc3NS(C)(=O)=O)cc2nc1N1C[C@@H](O)[C@H](C#N)C1. The first-order chi connectivity index (χ1) is 18.0. The molecule has 2 N–H and O–H groups in total. The van der Waals surface area contributed by atoms with Gasteiger partial charge >= 0.3 is 0 Å². The number of anilines is 2. The Morgan fingerprint density at radius 1 is 1.26 bits per heavy atom. The Hall–Kier alpha value is -3.40. The van der Waals surface area contributed by atoms with E-state index < -0.39 is 22.0 Å². The van der Waals surface area contributed by atoms with E-state index in [0.29, 0.717) is 48.2 Å². The number of nitrogens with zero attached hydrogens (tertiary/aromatic N) is 6. The first-order valence-electron chi connectivity index (χ1n) is 12.3. The van der Waals surface area contributed by atoms with E-state index in [-0.39, 0.29) is 23.2 Å². The lowest BCUT2D eigenvalue weighted by Crippen LogP contribution is -2.39. The van der Waals surface area contributed by atoms with Crippen LogP contribution in [-0.2, 0) is 10.0 Å². The molecule has 3 aromatic rings. The number of aromatic nitrogens is 3. The average molecular weight is 558 g/mol. The van der Waals surface area contributed by atoms with E-state index in [1.54, 1.807) is 9.42 Å². The van der Waals surface area contributed by atoms with Crippen LogP contribution in [0, 0.1) is 24.2 Å². The Kier molecular flexibility index (Phi) is 6.94. The summed E-state index contributed by atoms with van der Waals surface area (Å²) in [6.07, 6.45) is 4.57. The normalized spacial score (nSPS) is 22.0. The molecule has 2 aliphatic rings. The average Bonchev–Trinajstić information content (AvgIpc) is 3.45. The van der Waals surface area contributed by atoms with Gasteiger partial charge < -0.3 is 14.9 Å². The highest BCUT2D eigenvalue weighted by molar-refractivity contribution is 7.92. The summed E-state index contributed by atoms with van der Waals surface area (Å²) in [5.41, 5.74) is 2.47. The van der Waals surface area contributed by atoms with Crippen LogP contribution in [0.2, 0.25) is 5.02 Å². The van der Waals surface area contributed by atoms with Gasteiger partial charge in [-0.2, -0.15) is 10.4 Å². The van der Waals surface area contributed by atoms with Crippen molar-refractivity contribution in [1.82, 2.24) is 19.5 Å². The van der Waals surface area contributed by atoms with Gasteiger partial charge in [-0.25, -0.2) is 17.9 Å². The van der Waals surface area contributed by atoms with Gasteiger partial charge in [0.15, 0.2) is 5.65 Å². The number of piperidine rings is 1. The molecule has 3 atom stereocenters. The predicted molar refractivity (Wildman–Crippen MR) is 143 cm³/mol. The van der Waals surface area contributed by atoms with Crippen molar-refractivity contribution >= 4 is 44.7 Å². The van der Waals surface area contributed by atoms with Gasteiger partial charge in [0, 0.05) is 42.5 Å². The van der Waals surface area contributed by atoms with Crippen molar-refractivity contribution in [3.8, 4) is 6.07 Å². The quantitative estimate of drug-likeness (QED) is 0.487. The molecule has 11 nitrogen and oxygen atoms in total. The number of nitriles is 1. The highest BCUT2D eigenvalue weighted by atomic mass is 35.5. The second-order valence-electron chi connectivity index (χ2n) is 9.90. The molecule has 2 saturated heterocycles. The van der Waals surface area contributed by atoms with Crippen molar-refractivity contribution in [3.05, 3.63) is 52.3 Å². The summed E-state index contributed by atoms with van der Waals surface area (Å²) in [4.78, 5) is 22.2. The largest absolute Gasteiger partial charge is 0.390 e. The summed E-state index contributed by atoms with van der Waals surface area (Å²) in [5.74, 6) is -0.116. The van der Waals surface area contributed by atoms with Gasteiger partial charge in [0.1, 0.15) is 5.82 Å². The van der Waals surface area contributed by atoms with Crippen LogP contribution in [0.1, 0.15) is 46.9 Å². The second-order valence-corrected chi connectivity index (χ2v) is 12.1. The summed E-state index contributed by atoms with van der Waals surface area (Å²) < 4.78 is 27.9. The van der Waals surface area contributed by atoms with E-state index in [1.807, 2.05) is 24.1 Å². The smallest absolute Gasteiger partial charge is 0.256 e. The highest BCUT2D eigenvalue weighted by Gasteiger charge is 2.34. The number of aliphatic hydroxyl groups is 1. The molecule has 0 bridgehead atoms. The fraction of sp³-hybridized carbons (Fsp3) is 0.440. The van der Waals surface area contributed by atoms with Crippen LogP contribution in [0.15, 0.2) is 30.5 Å². The zero-order valence-corrected chi connectivity index (χ0v) is 22.6. The lowest BCUT2D eigenvalue weighted by molar-refractivity contribution is 0.0607. The number of nitrogens with one attached hydrogen (secondary N) is 1. The standard InChI is InChI=1S/C25H28ClN7O4S/c1-15-12-33-23(28-24(15)31-13-16(11-27)22(34)14-31)10-20(29-33)21-5-3-4-8-32(21)25(35)18-9-17(26)6-7-19(18)30-38(2,36)37/h6-7,9-10,12,16,21-22,30,34H,3-5,8,13-14H2,1-2H3/t16-,21+,22-/m1/s1. The Bertz CT molecular complexity index is 1550. The van der Waals surface area contributed by atoms with Crippen LogP contribution in [0.3, 0.4) is 0 Å². The number of hydrogen-bond acceptors (Lipinski definition) is 8. The summed E-state index contributed by atoms with van der Waals surface area (Å²) in [5, 5.41) is 24.5. The number of aryl methyl sites for hydroxylation is 1. The molecule has 2 fully saturated rings. The van der Waals surface area contributed by atoms with Crippen molar-refractivity contribution in [3.63, 3.8) is 0 Å². The topological polar surface area (TPSA) is 144 Å². The van der Waals surface area contributed by atoms with Crippen LogP contribution in [-0.4, -0.2) is 70.9 Å². The number of hydrogen-bond donors (Lipinski definition) is 2. The van der Waals surface area contributed by atoms with Crippen molar-refractivity contribution in [2.24, 2.45) is 5.92 Å². The Labute approximate surface area is 225 Å². The summed E-state index contributed by atoms with van der Waals surface area (Å²) in [7, 11) is -3.61. The van der Waals surface area contributed by atoms with Crippen LogP contribution in [0.5, 0.6) is 0 Å². The molecule has 2 aromatic heterocycles. The molecular formula is C25H28ClN7O4S. The maximum absolute atomic E-state index is 13.8. The minimum absolute atomic E-state index is 0.173. The zero-order valence-electron chi connectivity index (χ0n) is 21.0. The molecule has 0 spiro atoms. The third-order valence-corrected chi connectivity index (χ3v) is 7.82. The maximum atomic E-state index is 13.8. The number of sulfonamides is 1. The van der Waals surface area contributed by atoms with Crippen molar-refractivity contribution in [1.29, 1.82) is 5.26 Å². The van der Waals surface area contributed by atoms with E-state index >= 15 is 0 Å². The van der Waals surface area contributed by atoms with Gasteiger partial charge in [-0.05, 0) is 44.4 Å². The lowest BCUT2D eigenvalue weighted by Gasteiger charge is -2.35. The molecule has 0 saturated carbocycles. The van der Waals surface area contributed by atoms with Crippen LogP contribution < -0.4 is 9.62 Å². The molecule has 2 aliphatic heterocycles. The van der Waals surface area contributed by atoms with E-state index in [9.17, 15) is 23.6 Å². The predicted octanol–water partition coefficient (Wildman–Crippen LogP) is 2.75. The number of carbonyl (C=O) groups is 1. The number of fused-ring (bicyclic) bond motifs is 1. The molecule has 0 unspecified atom stereocenters. The number of halogens is 1. The molecule has 5 rings (SSSR count). The molecule has 13 heteroatoms. The zero-order chi connectivity index (χ0) is 27.2. The van der Waals surface area contributed by atoms with Gasteiger partial charge in [-0.3, -0.25) is 9.52 Å². The highest BCUT2D eigenvalue weighted by Crippen LogP contribution is 2.34. The van der Waals surface area contributed by atoms with Gasteiger partial charge in [0.05, 0.1) is 47.3 Å². The first-order valence-corrected chi connectivity index (χ1v) is 14.6. The van der Waals surface area contributed by atoms with Crippen molar-refractivity contribution in [2.45, 2.75) is 38.3 Å². The van der Waals surface area contributed by atoms with Gasteiger partial charge in [-0.15, -0.1) is 0 Å². The van der Waals surface area contributed by atoms with Crippen molar-refractivity contribution < 1.29 is 18.3 Å². The maximum Gasteiger partial charge on any atom is 0.256 e. The Morgan fingerprint density at radius 2 is 2.05 bits per heavy atom. The minimum atomic E-state index is -3.61. The Morgan fingerprint density at radius 3 is 2.76 bits per heavy atom. The molecule has 200 valence electrons. The van der Waals surface area contributed by atoms with E-state index in [1.165, 1.54) is 18.2 Å². The number of rotatable bonds is 5. The van der Waals surface area contributed by atoms with Gasteiger partial charge in [-0.1, -0.05) is 11.6 Å². The summed E-state index contributed by atoms with van der Waals surface area (Å²) >= 11 is 6.18. The summed E-state index contributed by atoms with van der Waals surface area (Å²) in [6, 6.07) is 8.16. The van der Waals surface area contributed by atoms with E-state index in [0.717, 1.165) is 24.7 Å². The number of benzene rings is 1. The number of amides is 1. The molecule has 38 heavy (non-hydrogen) atoms. The molecule has 4 heterocycles. The fourth-order valence-electron chi connectivity index (χ4n) is 5.21. The molecule has 1 amide bonds. The Balaban J connectivity index is 1.48.